The zero-order valence-corrected chi connectivity index (χ0v) is 9.18. The Bertz CT molecular complexity index is 326. The van der Waals surface area contributed by atoms with Crippen LogP contribution in [-0.2, 0) is 6.54 Å². The molecule has 1 aromatic rings. The van der Waals surface area contributed by atoms with Crippen LogP contribution >= 0.6 is 0 Å². The molecule has 1 aromatic carbocycles. The maximum Gasteiger partial charge on any atom is 0.120 e. The third-order valence-corrected chi connectivity index (χ3v) is 2.31. The molecule has 0 aliphatic heterocycles. The van der Waals surface area contributed by atoms with Gasteiger partial charge in [-0.1, -0.05) is 0 Å². The second-order valence-electron chi connectivity index (χ2n) is 3.44. The molecule has 5 heteroatoms. The predicted octanol–water partition coefficient (Wildman–Crippen LogP) is -0.156. The summed E-state index contributed by atoms with van der Waals surface area (Å²) in [5.41, 5.74) is 0.659. The van der Waals surface area contributed by atoms with Gasteiger partial charge in [-0.05, 0) is 18.2 Å². The van der Waals surface area contributed by atoms with E-state index in [9.17, 15) is 5.11 Å². The Balaban J connectivity index is 2.65. The van der Waals surface area contributed by atoms with Gasteiger partial charge in [-0.2, -0.15) is 0 Å². The van der Waals surface area contributed by atoms with Gasteiger partial charge in [-0.3, -0.25) is 0 Å². The number of aromatic hydroxyl groups is 1. The van der Waals surface area contributed by atoms with Gasteiger partial charge in [0.2, 0.25) is 0 Å². The molecule has 0 spiro atoms. The number of methoxy groups -OCH3 is 1. The maximum atomic E-state index is 9.57. The largest absolute Gasteiger partial charge is 0.508 e. The van der Waals surface area contributed by atoms with Crippen molar-refractivity contribution in [2.45, 2.75) is 12.6 Å². The molecular weight excluding hydrogens is 210 g/mol. The van der Waals surface area contributed by atoms with Crippen molar-refractivity contribution in [3.63, 3.8) is 0 Å². The average molecular weight is 227 g/mol. The van der Waals surface area contributed by atoms with Crippen molar-refractivity contribution < 1.29 is 20.1 Å². The van der Waals surface area contributed by atoms with Crippen molar-refractivity contribution in [2.75, 3.05) is 20.3 Å². The number of ether oxygens (including phenoxy) is 1. The molecule has 0 amide bonds. The molecule has 0 saturated heterocycles. The van der Waals surface area contributed by atoms with Crippen molar-refractivity contribution in [2.24, 2.45) is 0 Å². The first-order valence-electron chi connectivity index (χ1n) is 5.02. The van der Waals surface area contributed by atoms with Crippen LogP contribution < -0.4 is 10.1 Å². The lowest BCUT2D eigenvalue weighted by molar-refractivity contribution is 0.170. The summed E-state index contributed by atoms with van der Waals surface area (Å²) in [6.07, 6.45) is 0. The molecule has 1 rings (SSSR count). The zero-order chi connectivity index (χ0) is 12.0. The van der Waals surface area contributed by atoms with Crippen LogP contribution in [0, 0.1) is 0 Å². The molecule has 0 unspecified atom stereocenters. The Hall–Kier alpha value is -1.30. The number of rotatable bonds is 6. The number of aliphatic hydroxyl groups excluding tert-OH is 2. The number of nitrogens with one attached hydrogen (secondary N) is 1. The highest BCUT2D eigenvalue weighted by atomic mass is 16.5. The molecule has 0 radical (unpaired) electrons. The van der Waals surface area contributed by atoms with Crippen molar-refractivity contribution >= 4 is 0 Å². The molecule has 16 heavy (non-hydrogen) atoms. The fraction of sp³-hybridized carbons (Fsp3) is 0.455. The van der Waals surface area contributed by atoms with E-state index in [-0.39, 0.29) is 25.0 Å². The topological polar surface area (TPSA) is 82.0 Å². The molecule has 0 aliphatic carbocycles. The number of aliphatic hydroxyl groups is 2. The van der Waals surface area contributed by atoms with E-state index in [1.54, 1.807) is 25.3 Å². The van der Waals surface area contributed by atoms with Gasteiger partial charge in [0.15, 0.2) is 0 Å². The highest BCUT2D eigenvalue weighted by Gasteiger charge is 2.07. The normalized spacial score (nSPS) is 10.8. The monoisotopic (exact) mass is 227 g/mol. The average Bonchev–Trinajstić information content (AvgIpc) is 2.32. The smallest absolute Gasteiger partial charge is 0.120 e. The highest BCUT2D eigenvalue weighted by Crippen LogP contribution is 2.22. The summed E-state index contributed by atoms with van der Waals surface area (Å²) in [6, 6.07) is 4.52. The highest BCUT2D eigenvalue weighted by molar-refractivity contribution is 5.39. The van der Waals surface area contributed by atoms with Crippen LogP contribution in [0.2, 0.25) is 0 Å². The Morgan fingerprint density at radius 3 is 2.56 bits per heavy atom. The summed E-state index contributed by atoms with van der Waals surface area (Å²) in [5.74, 6) is 0.807. The van der Waals surface area contributed by atoms with E-state index >= 15 is 0 Å². The Morgan fingerprint density at radius 1 is 1.31 bits per heavy atom. The molecule has 0 atom stereocenters. The maximum absolute atomic E-state index is 9.57. The van der Waals surface area contributed by atoms with Gasteiger partial charge in [-0.25, -0.2) is 0 Å². The summed E-state index contributed by atoms with van der Waals surface area (Å²) in [4.78, 5) is 0. The van der Waals surface area contributed by atoms with Crippen LogP contribution in [0.25, 0.3) is 0 Å². The van der Waals surface area contributed by atoms with Crippen LogP contribution in [-0.4, -0.2) is 41.7 Å². The molecular formula is C11H17NO4. The van der Waals surface area contributed by atoms with Gasteiger partial charge < -0.3 is 25.4 Å². The van der Waals surface area contributed by atoms with E-state index in [1.807, 2.05) is 0 Å². The summed E-state index contributed by atoms with van der Waals surface area (Å²) in [7, 11) is 1.55. The van der Waals surface area contributed by atoms with Crippen LogP contribution in [0.1, 0.15) is 5.56 Å². The molecule has 0 aromatic heterocycles. The van der Waals surface area contributed by atoms with E-state index in [4.69, 9.17) is 14.9 Å². The number of phenols is 1. The van der Waals surface area contributed by atoms with Crippen LogP contribution in [0.15, 0.2) is 18.2 Å². The quantitative estimate of drug-likeness (QED) is 0.543. The first-order valence-corrected chi connectivity index (χ1v) is 5.02. The molecule has 0 saturated carbocycles. The van der Waals surface area contributed by atoms with E-state index in [0.717, 1.165) is 0 Å². The Kier molecular flexibility index (Phi) is 5.04. The fourth-order valence-corrected chi connectivity index (χ4v) is 1.27. The SMILES string of the molecule is COc1ccc(O)c(CNC(CO)CO)c1. The first kappa shape index (κ1) is 12.8. The summed E-state index contributed by atoms with van der Waals surface area (Å²) >= 11 is 0. The van der Waals surface area contributed by atoms with Crippen LogP contribution in [0.3, 0.4) is 0 Å². The third-order valence-electron chi connectivity index (χ3n) is 2.31. The number of benzene rings is 1. The Morgan fingerprint density at radius 2 is 2.00 bits per heavy atom. The number of hydrogen-bond acceptors (Lipinski definition) is 5. The molecule has 5 nitrogen and oxygen atoms in total. The lowest BCUT2D eigenvalue weighted by Crippen LogP contribution is -2.35. The molecule has 4 N–H and O–H groups in total. The van der Waals surface area contributed by atoms with Crippen molar-refractivity contribution in [1.29, 1.82) is 0 Å². The minimum Gasteiger partial charge on any atom is -0.508 e. The third kappa shape index (κ3) is 3.37. The van der Waals surface area contributed by atoms with E-state index < -0.39 is 0 Å². The van der Waals surface area contributed by atoms with Crippen molar-refractivity contribution in [3.8, 4) is 11.5 Å². The van der Waals surface area contributed by atoms with Gasteiger partial charge in [0.05, 0.1) is 26.4 Å². The van der Waals surface area contributed by atoms with Gasteiger partial charge in [0, 0.05) is 12.1 Å². The van der Waals surface area contributed by atoms with Gasteiger partial charge in [0.25, 0.3) is 0 Å². The fourth-order valence-electron chi connectivity index (χ4n) is 1.27. The predicted molar refractivity (Wildman–Crippen MR) is 59.5 cm³/mol. The number of phenolic OH excluding ortho intramolecular Hbond substituents is 1. The lowest BCUT2D eigenvalue weighted by atomic mass is 10.1. The Labute approximate surface area is 94.3 Å². The second kappa shape index (κ2) is 6.32. The molecule has 0 heterocycles. The molecule has 0 aliphatic rings. The van der Waals surface area contributed by atoms with Gasteiger partial charge in [-0.15, -0.1) is 0 Å². The van der Waals surface area contributed by atoms with Gasteiger partial charge >= 0.3 is 0 Å². The van der Waals surface area contributed by atoms with Crippen molar-refractivity contribution in [1.82, 2.24) is 5.32 Å². The van der Waals surface area contributed by atoms with E-state index in [2.05, 4.69) is 5.32 Å². The van der Waals surface area contributed by atoms with Crippen LogP contribution in [0.5, 0.6) is 11.5 Å². The summed E-state index contributed by atoms with van der Waals surface area (Å²) in [5, 5.41) is 30.2. The van der Waals surface area contributed by atoms with Crippen molar-refractivity contribution in [3.05, 3.63) is 23.8 Å². The standard InChI is InChI=1S/C11H17NO4/c1-16-10-2-3-11(15)8(4-10)5-12-9(6-13)7-14/h2-4,9,12-15H,5-7H2,1H3. The molecule has 90 valence electrons. The molecule has 0 bridgehead atoms. The van der Waals surface area contributed by atoms with Crippen LogP contribution in [0.4, 0.5) is 0 Å². The molecule has 0 fully saturated rings. The first-order chi connectivity index (χ1) is 7.71. The minimum absolute atomic E-state index is 0.152. The summed E-state index contributed by atoms with van der Waals surface area (Å²) < 4.78 is 5.03. The zero-order valence-electron chi connectivity index (χ0n) is 9.18. The minimum atomic E-state index is -0.384. The second-order valence-corrected chi connectivity index (χ2v) is 3.44. The summed E-state index contributed by atoms with van der Waals surface area (Å²) in [6.45, 7) is 0.0529. The lowest BCUT2D eigenvalue weighted by Gasteiger charge is -2.14. The van der Waals surface area contributed by atoms with E-state index in [0.29, 0.717) is 17.9 Å². The van der Waals surface area contributed by atoms with E-state index in [1.165, 1.54) is 0 Å². The van der Waals surface area contributed by atoms with Gasteiger partial charge in [0.1, 0.15) is 11.5 Å². The number of hydrogen-bond donors (Lipinski definition) is 4.